The summed E-state index contributed by atoms with van der Waals surface area (Å²) >= 11 is 0. The molecule has 0 spiro atoms. The van der Waals surface area contributed by atoms with Crippen LogP contribution in [-0.2, 0) is 19.6 Å². The van der Waals surface area contributed by atoms with E-state index in [2.05, 4.69) is 4.72 Å². The summed E-state index contributed by atoms with van der Waals surface area (Å²) in [6, 6.07) is 5.38. The Morgan fingerprint density at radius 1 is 1.42 bits per heavy atom. The molecular formula is C12H17NO5S. The van der Waals surface area contributed by atoms with Crippen molar-refractivity contribution in [3.05, 3.63) is 24.3 Å². The summed E-state index contributed by atoms with van der Waals surface area (Å²) in [7, 11) is -3.66. The Kier molecular flexibility index (Phi) is 5.78. The lowest BCUT2D eigenvalue weighted by molar-refractivity contribution is -0.143. The molecule has 6 nitrogen and oxygen atoms in total. The lowest BCUT2D eigenvalue weighted by atomic mass is 10.3. The molecule has 2 N–H and O–H groups in total. The van der Waals surface area contributed by atoms with E-state index in [4.69, 9.17) is 4.74 Å². The Morgan fingerprint density at radius 3 is 2.79 bits per heavy atom. The van der Waals surface area contributed by atoms with Crippen LogP contribution in [0.5, 0.6) is 5.75 Å². The van der Waals surface area contributed by atoms with Gasteiger partial charge in [0.25, 0.3) is 0 Å². The molecular weight excluding hydrogens is 270 g/mol. The number of rotatable bonds is 7. The van der Waals surface area contributed by atoms with Gasteiger partial charge in [0, 0.05) is 13.0 Å². The van der Waals surface area contributed by atoms with Gasteiger partial charge in [0.2, 0.25) is 10.0 Å². The molecule has 106 valence electrons. The maximum absolute atomic E-state index is 11.8. The summed E-state index contributed by atoms with van der Waals surface area (Å²) in [5, 5.41) is 9.23. The number of ether oxygens (including phenoxy) is 1. The second kappa shape index (κ2) is 7.10. The number of phenols is 1. The van der Waals surface area contributed by atoms with Crippen LogP contribution in [0.3, 0.4) is 0 Å². The number of phenolic OH excluding ortho intramolecular Hbond substituents is 1. The van der Waals surface area contributed by atoms with Crippen LogP contribution in [0.4, 0.5) is 0 Å². The van der Waals surface area contributed by atoms with Gasteiger partial charge in [0.15, 0.2) is 0 Å². The molecule has 1 rings (SSSR count). The van der Waals surface area contributed by atoms with Gasteiger partial charge in [-0.3, -0.25) is 4.79 Å². The zero-order valence-electron chi connectivity index (χ0n) is 10.6. The van der Waals surface area contributed by atoms with Gasteiger partial charge in [-0.2, -0.15) is 0 Å². The number of hydrogen-bond acceptors (Lipinski definition) is 5. The van der Waals surface area contributed by atoms with Crippen LogP contribution in [0.1, 0.15) is 19.8 Å². The average molecular weight is 287 g/mol. The summed E-state index contributed by atoms with van der Waals surface area (Å²) in [6.07, 6.45) is 0.521. The number of carbonyl (C=O) groups is 1. The number of aromatic hydroxyl groups is 1. The number of esters is 1. The van der Waals surface area contributed by atoms with Crippen molar-refractivity contribution >= 4 is 16.0 Å². The third kappa shape index (κ3) is 5.27. The van der Waals surface area contributed by atoms with E-state index in [1.54, 1.807) is 6.92 Å². The van der Waals surface area contributed by atoms with Gasteiger partial charge in [-0.25, -0.2) is 13.1 Å². The van der Waals surface area contributed by atoms with Crippen LogP contribution < -0.4 is 4.72 Å². The molecule has 0 aliphatic heterocycles. The highest BCUT2D eigenvalue weighted by molar-refractivity contribution is 7.89. The summed E-state index contributed by atoms with van der Waals surface area (Å²) < 4.78 is 30.7. The molecule has 0 radical (unpaired) electrons. The SMILES string of the molecule is CCOC(=O)CCCNS(=O)(=O)c1cccc(O)c1. The van der Waals surface area contributed by atoms with Gasteiger partial charge in [0.05, 0.1) is 11.5 Å². The Hall–Kier alpha value is -1.60. The van der Waals surface area contributed by atoms with Crippen molar-refractivity contribution in [2.45, 2.75) is 24.7 Å². The van der Waals surface area contributed by atoms with Crippen molar-refractivity contribution in [3.8, 4) is 5.75 Å². The van der Waals surface area contributed by atoms with E-state index < -0.39 is 10.0 Å². The second-order valence-corrected chi connectivity index (χ2v) is 5.57. The van der Waals surface area contributed by atoms with Crippen LogP contribution in [0.2, 0.25) is 0 Å². The number of hydrogen-bond donors (Lipinski definition) is 2. The van der Waals surface area contributed by atoms with Gasteiger partial charge in [0.1, 0.15) is 5.75 Å². The highest BCUT2D eigenvalue weighted by Gasteiger charge is 2.13. The first-order valence-corrected chi connectivity index (χ1v) is 7.38. The largest absolute Gasteiger partial charge is 0.508 e. The minimum Gasteiger partial charge on any atom is -0.508 e. The van der Waals surface area contributed by atoms with Gasteiger partial charge < -0.3 is 9.84 Å². The molecule has 0 fully saturated rings. The van der Waals surface area contributed by atoms with Crippen LogP contribution >= 0.6 is 0 Å². The maximum Gasteiger partial charge on any atom is 0.305 e. The topological polar surface area (TPSA) is 92.7 Å². The van der Waals surface area contributed by atoms with Crippen LogP contribution in [0, 0.1) is 0 Å². The van der Waals surface area contributed by atoms with Crippen LogP contribution in [0.25, 0.3) is 0 Å². The van der Waals surface area contributed by atoms with Crippen LogP contribution in [0.15, 0.2) is 29.2 Å². The summed E-state index contributed by atoms with van der Waals surface area (Å²) in [6.45, 7) is 2.16. The van der Waals surface area contributed by atoms with Crippen molar-refractivity contribution in [2.24, 2.45) is 0 Å². The zero-order valence-corrected chi connectivity index (χ0v) is 11.4. The molecule has 19 heavy (non-hydrogen) atoms. The molecule has 0 bridgehead atoms. The minimum absolute atomic E-state index is 0.0105. The lowest BCUT2D eigenvalue weighted by Crippen LogP contribution is -2.25. The summed E-state index contributed by atoms with van der Waals surface area (Å²) in [5.41, 5.74) is 0. The fourth-order valence-electron chi connectivity index (χ4n) is 1.41. The standard InChI is InChI=1S/C12H17NO5S/c1-2-18-12(15)7-4-8-13-19(16,17)11-6-3-5-10(14)9-11/h3,5-6,9,13-14H,2,4,7-8H2,1H3. The Balaban J connectivity index is 2.46. The third-order valence-electron chi connectivity index (χ3n) is 2.28. The zero-order chi connectivity index (χ0) is 14.3. The Morgan fingerprint density at radius 2 is 2.16 bits per heavy atom. The monoisotopic (exact) mass is 287 g/mol. The first-order valence-electron chi connectivity index (χ1n) is 5.90. The van der Waals surface area contributed by atoms with Crippen molar-refractivity contribution in [2.75, 3.05) is 13.2 Å². The molecule has 0 aliphatic carbocycles. The number of sulfonamides is 1. The van der Waals surface area contributed by atoms with Gasteiger partial charge in [-0.15, -0.1) is 0 Å². The van der Waals surface area contributed by atoms with Gasteiger partial charge >= 0.3 is 5.97 Å². The number of carbonyl (C=O) groups excluding carboxylic acids is 1. The molecule has 0 aromatic heterocycles. The van der Waals surface area contributed by atoms with E-state index in [0.29, 0.717) is 13.0 Å². The van der Waals surface area contributed by atoms with E-state index in [1.807, 2.05) is 0 Å². The van der Waals surface area contributed by atoms with E-state index in [-0.39, 0.29) is 29.6 Å². The molecule has 1 aromatic carbocycles. The minimum atomic E-state index is -3.66. The molecule has 0 aliphatic rings. The third-order valence-corrected chi connectivity index (χ3v) is 3.74. The maximum atomic E-state index is 11.8. The molecule has 0 unspecified atom stereocenters. The quantitative estimate of drug-likeness (QED) is 0.577. The Bertz CT molecular complexity index is 527. The summed E-state index contributed by atoms with van der Waals surface area (Å²) in [5.74, 6) is -0.464. The van der Waals surface area contributed by atoms with Gasteiger partial charge in [-0.1, -0.05) is 6.07 Å². The van der Waals surface area contributed by atoms with E-state index >= 15 is 0 Å². The number of benzene rings is 1. The number of nitrogens with one attached hydrogen (secondary N) is 1. The highest BCUT2D eigenvalue weighted by atomic mass is 32.2. The summed E-state index contributed by atoms with van der Waals surface area (Å²) in [4.78, 5) is 11.0. The predicted molar refractivity (Wildman–Crippen MR) is 69.2 cm³/mol. The molecule has 1 aromatic rings. The van der Waals surface area contributed by atoms with Crippen molar-refractivity contribution in [1.29, 1.82) is 0 Å². The molecule has 7 heteroatoms. The first-order chi connectivity index (χ1) is 8.95. The van der Waals surface area contributed by atoms with Crippen molar-refractivity contribution in [1.82, 2.24) is 4.72 Å². The fourth-order valence-corrected chi connectivity index (χ4v) is 2.52. The predicted octanol–water partition coefficient (Wildman–Crippen LogP) is 1.01. The first kappa shape index (κ1) is 15.5. The van der Waals surface area contributed by atoms with Crippen molar-refractivity contribution < 1.29 is 23.1 Å². The lowest BCUT2D eigenvalue weighted by Gasteiger charge is -2.06. The van der Waals surface area contributed by atoms with Crippen molar-refractivity contribution in [3.63, 3.8) is 0 Å². The molecule has 0 saturated heterocycles. The average Bonchev–Trinajstić information content (AvgIpc) is 2.35. The fraction of sp³-hybridized carbons (Fsp3) is 0.417. The highest BCUT2D eigenvalue weighted by Crippen LogP contribution is 2.15. The molecule has 0 heterocycles. The normalized spacial score (nSPS) is 11.2. The second-order valence-electron chi connectivity index (χ2n) is 3.80. The smallest absolute Gasteiger partial charge is 0.305 e. The van der Waals surface area contributed by atoms with E-state index in [1.165, 1.54) is 18.2 Å². The molecule has 0 saturated carbocycles. The molecule has 0 atom stereocenters. The van der Waals surface area contributed by atoms with Gasteiger partial charge in [-0.05, 0) is 31.5 Å². The van der Waals surface area contributed by atoms with Crippen LogP contribution in [-0.4, -0.2) is 32.6 Å². The van der Waals surface area contributed by atoms with E-state index in [0.717, 1.165) is 6.07 Å². The Labute approximate surface area is 112 Å². The van der Waals surface area contributed by atoms with E-state index in [9.17, 15) is 18.3 Å². The molecule has 0 amide bonds.